The van der Waals surface area contributed by atoms with Gasteiger partial charge in [-0.15, -0.1) is 10.2 Å². The summed E-state index contributed by atoms with van der Waals surface area (Å²) in [6.07, 6.45) is 7.14. The molecule has 1 aromatic rings. The minimum absolute atomic E-state index is 0.0968. The molecule has 5 nitrogen and oxygen atoms in total. The highest BCUT2D eigenvalue weighted by atomic mass is 16.2. The molecule has 2 rings (SSSR count). The number of anilines is 1. The topological polar surface area (TPSA) is 58.1 Å². The monoisotopic (exact) mass is 290 g/mol. The Bertz CT molecular complexity index is 434. The first-order valence-electron chi connectivity index (χ1n) is 8.14. The molecule has 0 bridgehead atoms. The van der Waals surface area contributed by atoms with Crippen LogP contribution in [0, 0.1) is 0 Å². The molecule has 1 saturated carbocycles. The van der Waals surface area contributed by atoms with Crippen LogP contribution in [0.4, 0.5) is 5.82 Å². The number of hydrogen-bond acceptors (Lipinski definition) is 4. The summed E-state index contributed by atoms with van der Waals surface area (Å²) in [5.41, 5.74) is 0.412. The van der Waals surface area contributed by atoms with Crippen LogP contribution in [0.1, 0.15) is 62.9 Å². The first-order valence-corrected chi connectivity index (χ1v) is 8.14. The zero-order valence-corrected chi connectivity index (χ0v) is 13.1. The summed E-state index contributed by atoms with van der Waals surface area (Å²) in [5, 5.41) is 11.3. The molecular weight excluding hydrogens is 264 g/mol. The second kappa shape index (κ2) is 7.96. The van der Waals surface area contributed by atoms with Crippen molar-refractivity contribution in [3.63, 3.8) is 0 Å². The summed E-state index contributed by atoms with van der Waals surface area (Å²) >= 11 is 0. The molecule has 0 atom stereocenters. The van der Waals surface area contributed by atoms with E-state index < -0.39 is 0 Å². The zero-order valence-electron chi connectivity index (χ0n) is 13.1. The molecule has 0 radical (unpaired) electrons. The van der Waals surface area contributed by atoms with Crippen molar-refractivity contribution in [3.8, 4) is 0 Å². The largest absolute Gasteiger partial charge is 0.356 e. The SMILES string of the molecule is CCN(CC)c1ccc(C(=O)NC2CCCCCC2)nn1. The average Bonchev–Trinajstić information content (AvgIpc) is 2.78. The Morgan fingerprint density at radius 1 is 1.14 bits per heavy atom. The first-order chi connectivity index (χ1) is 10.2. The van der Waals surface area contributed by atoms with Gasteiger partial charge in [-0.3, -0.25) is 4.79 Å². The van der Waals surface area contributed by atoms with E-state index in [9.17, 15) is 4.79 Å². The molecule has 0 unspecified atom stereocenters. The van der Waals surface area contributed by atoms with Gasteiger partial charge in [0.2, 0.25) is 0 Å². The molecule has 0 saturated heterocycles. The summed E-state index contributed by atoms with van der Waals surface area (Å²) in [7, 11) is 0. The third-order valence-corrected chi connectivity index (χ3v) is 4.16. The molecule has 1 N–H and O–H groups in total. The highest BCUT2D eigenvalue weighted by molar-refractivity contribution is 5.92. The molecule has 0 aromatic carbocycles. The molecule has 1 amide bonds. The summed E-state index contributed by atoms with van der Waals surface area (Å²) in [5.74, 6) is 0.728. The van der Waals surface area contributed by atoms with Crippen LogP contribution >= 0.6 is 0 Å². The van der Waals surface area contributed by atoms with Crippen molar-refractivity contribution in [2.45, 2.75) is 58.4 Å². The lowest BCUT2D eigenvalue weighted by Crippen LogP contribution is -2.35. The van der Waals surface area contributed by atoms with Gasteiger partial charge >= 0.3 is 0 Å². The minimum atomic E-state index is -0.0968. The van der Waals surface area contributed by atoms with Crippen molar-refractivity contribution in [1.29, 1.82) is 0 Å². The van der Waals surface area contributed by atoms with Crippen LogP contribution in [-0.4, -0.2) is 35.2 Å². The maximum atomic E-state index is 12.2. The fourth-order valence-corrected chi connectivity index (χ4v) is 2.85. The van der Waals surface area contributed by atoms with E-state index in [4.69, 9.17) is 0 Å². The Labute approximate surface area is 127 Å². The van der Waals surface area contributed by atoms with Crippen molar-refractivity contribution >= 4 is 11.7 Å². The number of amides is 1. The van der Waals surface area contributed by atoms with Gasteiger partial charge in [0.25, 0.3) is 5.91 Å². The zero-order chi connectivity index (χ0) is 15.1. The second-order valence-electron chi connectivity index (χ2n) is 5.61. The number of carbonyl (C=O) groups excluding carboxylic acids is 1. The normalized spacial score (nSPS) is 16.3. The summed E-state index contributed by atoms with van der Waals surface area (Å²) in [6, 6.07) is 3.94. The smallest absolute Gasteiger partial charge is 0.272 e. The number of hydrogen-bond donors (Lipinski definition) is 1. The number of nitrogens with one attached hydrogen (secondary N) is 1. The number of aromatic nitrogens is 2. The molecule has 1 aromatic heterocycles. The van der Waals surface area contributed by atoms with Gasteiger partial charge in [0, 0.05) is 19.1 Å². The van der Waals surface area contributed by atoms with E-state index in [1.165, 1.54) is 25.7 Å². The van der Waals surface area contributed by atoms with Crippen LogP contribution in [0.3, 0.4) is 0 Å². The Morgan fingerprint density at radius 2 is 1.81 bits per heavy atom. The number of carbonyl (C=O) groups is 1. The van der Waals surface area contributed by atoms with E-state index in [-0.39, 0.29) is 5.91 Å². The molecule has 0 spiro atoms. The van der Waals surface area contributed by atoms with E-state index in [0.29, 0.717) is 11.7 Å². The predicted octanol–water partition coefficient (Wildman–Crippen LogP) is 2.78. The van der Waals surface area contributed by atoms with E-state index in [2.05, 4.69) is 34.3 Å². The van der Waals surface area contributed by atoms with Gasteiger partial charge in [0.05, 0.1) is 0 Å². The molecule has 1 fully saturated rings. The van der Waals surface area contributed by atoms with Gasteiger partial charge in [0.15, 0.2) is 11.5 Å². The molecule has 1 aliphatic carbocycles. The van der Waals surface area contributed by atoms with Crippen LogP contribution in [0.25, 0.3) is 0 Å². The lowest BCUT2D eigenvalue weighted by Gasteiger charge is -2.19. The molecule has 0 aliphatic heterocycles. The minimum Gasteiger partial charge on any atom is -0.356 e. The average molecular weight is 290 g/mol. The predicted molar refractivity (Wildman–Crippen MR) is 84.5 cm³/mol. The van der Waals surface area contributed by atoms with E-state index >= 15 is 0 Å². The van der Waals surface area contributed by atoms with E-state index in [0.717, 1.165) is 31.7 Å². The van der Waals surface area contributed by atoms with Crippen molar-refractivity contribution in [1.82, 2.24) is 15.5 Å². The standard InChI is InChI=1S/C16H26N4O/c1-3-20(4-2)15-12-11-14(18-19-15)16(21)17-13-9-7-5-6-8-10-13/h11-13H,3-10H2,1-2H3,(H,17,21). The first kappa shape index (κ1) is 15.7. The van der Waals surface area contributed by atoms with Gasteiger partial charge in [-0.1, -0.05) is 25.7 Å². The van der Waals surface area contributed by atoms with Crippen LogP contribution in [0.2, 0.25) is 0 Å². The lowest BCUT2D eigenvalue weighted by molar-refractivity contribution is 0.0927. The molecule has 5 heteroatoms. The van der Waals surface area contributed by atoms with Crippen molar-refractivity contribution < 1.29 is 4.79 Å². The number of nitrogens with zero attached hydrogens (tertiary/aromatic N) is 3. The van der Waals surface area contributed by atoms with Gasteiger partial charge in [-0.25, -0.2) is 0 Å². The molecular formula is C16H26N4O. The van der Waals surface area contributed by atoms with E-state index in [1.807, 2.05) is 6.07 Å². The fourth-order valence-electron chi connectivity index (χ4n) is 2.85. The lowest BCUT2D eigenvalue weighted by atomic mass is 10.1. The second-order valence-corrected chi connectivity index (χ2v) is 5.61. The quantitative estimate of drug-likeness (QED) is 0.847. The Balaban J connectivity index is 1.95. The summed E-state index contributed by atoms with van der Waals surface area (Å²) in [4.78, 5) is 14.3. The fraction of sp³-hybridized carbons (Fsp3) is 0.688. The van der Waals surface area contributed by atoms with Crippen LogP contribution in [-0.2, 0) is 0 Å². The molecule has 21 heavy (non-hydrogen) atoms. The van der Waals surface area contributed by atoms with Crippen molar-refractivity contribution in [2.24, 2.45) is 0 Å². The maximum Gasteiger partial charge on any atom is 0.272 e. The maximum absolute atomic E-state index is 12.2. The van der Waals surface area contributed by atoms with Crippen LogP contribution in [0.15, 0.2) is 12.1 Å². The van der Waals surface area contributed by atoms with Gasteiger partial charge in [0.1, 0.15) is 0 Å². The van der Waals surface area contributed by atoms with Crippen LogP contribution in [0.5, 0.6) is 0 Å². The highest BCUT2D eigenvalue weighted by Crippen LogP contribution is 2.17. The molecule has 116 valence electrons. The van der Waals surface area contributed by atoms with E-state index in [1.54, 1.807) is 6.07 Å². The molecule has 1 aliphatic rings. The number of rotatable bonds is 5. The van der Waals surface area contributed by atoms with Crippen molar-refractivity contribution in [2.75, 3.05) is 18.0 Å². The van der Waals surface area contributed by atoms with Crippen LogP contribution < -0.4 is 10.2 Å². The Kier molecular flexibility index (Phi) is 5.96. The summed E-state index contributed by atoms with van der Waals surface area (Å²) in [6.45, 7) is 5.94. The Hall–Kier alpha value is -1.65. The Morgan fingerprint density at radius 3 is 2.33 bits per heavy atom. The summed E-state index contributed by atoms with van der Waals surface area (Å²) < 4.78 is 0. The van der Waals surface area contributed by atoms with Gasteiger partial charge in [-0.05, 0) is 38.8 Å². The van der Waals surface area contributed by atoms with Crippen molar-refractivity contribution in [3.05, 3.63) is 17.8 Å². The third-order valence-electron chi connectivity index (χ3n) is 4.16. The third kappa shape index (κ3) is 4.41. The van der Waals surface area contributed by atoms with Gasteiger partial charge in [-0.2, -0.15) is 0 Å². The van der Waals surface area contributed by atoms with Gasteiger partial charge < -0.3 is 10.2 Å². The molecule has 1 heterocycles. The highest BCUT2D eigenvalue weighted by Gasteiger charge is 2.17.